The number of amides is 1. The number of ether oxygens (including phenoxy) is 1. The number of hydrogen-bond acceptors (Lipinski definition) is 5. The number of hydrogen-bond donors (Lipinski definition) is 2. The maximum Gasteiger partial charge on any atom is 0.244 e. The molecule has 0 atom stereocenters. The average molecular weight is 366 g/mol. The number of H-pyrrole nitrogens is 1. The first-order chi connectivity index (χ1) is 11.8. The van der Waals surface area contributed by atoms with E-state index in [1.807, 2.05) is 0 Å². The highest BCUT2D eigenvalue weighted by Gasteiger charge is 2.22. The minimum absolute atomic E-state index is 0.0726. The number of carbonyl (C=O) groups excluding carboxylic acids is 1. The SMILES string of the molecule is COc1cccc(N(CCNS(=O)(=O)c2c(C)n[nH]c2C)C(C)=O)c1. The Balaban J connectivity index is 2.11. The van der Waals surface area contributed by atoms with E-state index in [1.54, 1.807) is 45.2 Å². The summed E-state index contributed by atoms with van der Waals surface area (Å²) in [5, 5.41) is 6.55. The molecule has 0 radical (unpaired) electrons. The number of aryl methyl sites for hydroxylation is 2. The average Bonchev–Trinajstić information content (AvgIpc) is 2.90. The predicted molar refractivity (Wildman–Crippen MR) is 94.3 cm³/mol. The summed E-state index contributed by atoms with van der Waals surface area (Å²) in [5.74, 6) is 0.428. The van der Waals surface area contributed by atoms with Gasteiger partial charge < -0.3 is 9.64 Å². The molecule has 1 aromatic heterocycles. The number of rotatable bonds is 7. The van der Waals surface area contributed by atoms with Gasteiger partial charge in [0.25, 0.3) is 0 Å². The van der Waals surface area contributed by atoms with Gasteiger partial charge in [0.2, 0.25) is 15.9 Å². The summed E-state index contributed by atoms with van der Waals surface area (Å²) in [6, 6.07) is 7.03. The van der Waals surface area contributed by atoms with Crippen molar-refractivity contribution in [2.75, 3.05) is 25.1 Å². The van der Waals surface area contributed by atoms with Crippen LogP contribution in [0.25, 0.3) is 0 Å². The third-order valence-electron chi connectivity index (χ3n) is 3.70. The van der Waals surface area contributed by atoms with Crippen LogP contribution in [-0.2, 0) is 14.8 Å². The highest BCUT2D eigenvalue weighted by Crippen LogP contribution is 2.21. The molecule has 2 rings (SSSR count). The van der Waals surface area contributed by atoms with Crippen LogP contribution in [0.5, 0.6) is 5.75 Å². The lowest BCUT2D eigenvalue weighted by Crippen LogP contribution is -2.37. The largest absolute Gasteiger partial charge is 0.497 e. The summed E-state index contributed by atoms with van der Waals surface area (Å²) < 4.78 is 32.5. The fourth-order valence-electron chi connectivity index (χ4n) is 2.55. The Morgan fingerprint density at radius 1 is 1.36 bits per heavy atom. The van der Waals surface area contributed by atoms with Gasteiger partial charge in [-0.1, -0.05) is 6.07 Å². The second kappa shape index (κ2) is 7.66. The number of anilines is 1. The van der Waals surface area contributed by atoms with Gasteiger partial charge in [-0.05, 0) is 26.0 Å². The van der Waals surface area contributed by atoms with E-state index < -0.39 is 10.0 Å². The lowest BCUT2D eigenvalue weighted by atomic mass is 10.2. The van der Waals surface area contributed by atoms with Crippen molar-refractivity contribution < 1.29 is 17.9 Å². The van der Waals surface area contributed by atoms with Crippen LogP contribution in [0.4, 0.5) is 5.69 Å². The van der Waals surface area contributed by atoms with Crippen LogP contribution >= 0.6 is 0 Å². The molecular weight excluding hydrogens is 344 g/mol. The van der Waals surface area contributed by atoms with Gasteiger partial charge in [0.15, 0.2) is 0 Å². The molecule has 0 bridgehead atoms. The van der Waals surface area contributed by atoms with Gasteiger partial charge in [-0.25, -0.2) is 13.1 Å². The number of aromatic nitrogens is 2. The van der Waals surface area contributed by atoms with Crippen LogP contribution in [0.1, 0.15) is 18.3 Å². The molecule has 0 aliphatic heterocycles. The Morgan fingerprint density at radius 2 is 2.08 bits per heavy atom. The summed E-state index contributed by atoms with van der Waals surface area (Å²) in [7, 11) is -2.16. The number of methoxy groups -OCH3 is 1. The lowest BCUT2D eigenvalue weighted by molar-refractivity contribution is -0.116. The lowest BCUT2D eigenvalue weighted by Gasteiger charge is -2.22. The Morgan fingerprint density at radius 3 is 2.64 bits per heavy atom. The molecule has 9 heteroatoms. The maximum absolute atomic E-state index is 12.4. The number of sulfonamides is 1. The molecule has 8 nitrogen and oxygen atoms in total. The van der Waals surface area contributed by atoms with Crippen LogP contribution in [0, 0.1) is 13.8 Å². The molecule has 0 fully saturated rings. The summed E-state index contributed by atoms with van der Waals surface area (Å²) in [6.45, 7) is 4.96. The smallest absolute Gasteiger partial charge is 0.244 e. The Kier molecular flexibility index (Phi) is 5.81. The topological polar surface area (TPSA) is 104 Å². The summed E-state index contributed by atoms with van der Waals surface area (Å²) in [4.78, 5) is 13.6. The van der Waals surface area contributed by atoms with Crippen molar-refractivity contribution in [2.45, 2.75) is 25.7 Å². The van der Waals surface area contributed by atoms with E-state index in [2.05, 4.69) is 14.9 Å². The molecule has 136 valence electrons. The molecule has 0 aliphatic rings. The molecule has 2 aromatic rings. The van der Waals surface area contributed by atoms with Crippen molar-refractivity contribution in [3.05, 3.63) is 35.7 Å². The van der Waals surface area contributed by atoms with Gasteiger partial charge in [-0.3, -0.25) is 9.89 Å². The van der Waals surface area contributed by atoms with Crippen molar-refractivity contribution >= 4 is 21.6 Å². The molecule has 2 N–H and O–H groups in total. The first-order valence-corrected chi connectivity index (χ1v) is 9.18. The standard InChI is InChI=1S/C16H22N4O4S/c1-11-16(12(2)19-18-11)25(22,23)17-8-9-20(13(3)21)14-6-5-7-15(10-14)24-4/h5-7,10,17H,8-9H2,1-4H3,(H,18,19). The summed E-state index contributed by atoms with van der Waals surface area (Å²) in [5.41, 5.74) is 1.52. The number of benzene rings is 1. The molecule has 1 heterocycles. The van der Waals surface area contributed by atoms with E-state index in [9.17, 15) is 13.2 Å². The van der Waals surface area contributed by atoms with Gasteiger partial charge in [0, 0.05) is 31.8 Å². The molecule has 0 spiro atoms. The van der Waals surface area contributed by atoms with Gasteiger partial charge >= 0.3 is 0 Å². The quantitative estimate of drug-likeness (QED) is 0.770. The van der Waals surface area contributed by atoms with E-state index in [0.717, 1.165) is 0 Å². The van der Waals surface area contributed by atoms with Gasteiger partial charge in [0.1, 0.15) is 10.6 Å². The molecule has 1 amide bonds. The first kappa shape index (κ1) is 18.9. The zero-order valence-corrected chi connectivity index (χ0v) is 15.5. The van der Waals surface area contributed by atoms with Crippen molar-refractivity contribution in [1.82, 2.24) is 14.9 Å². The molecule has 1 aromatic carbocycles. The molecule has 0 unspecified atom stereocenters. The van der Waals surface area contributed by atoms with Crippen molar-refractivity contribution in [3.63, 3.8) is 0 Å². The Labute approximate surface area is 147 Å². The van der Waals surface area contributed by atoms with Gasteiger partial charge in [-0.15, -0.1) is 0 Å². The van der Waals surface area contributed by atoms with Crippen LogP contribution in [0.15, 0.2) is 29.2 Å². The molecule has 0 saturated heterocycles. The van der Waals surface area contributed by atoms with Crippen molar-refractivity contribution in [3.8, 4) is 5.75 Å². The Bertz CT molecular complexity index is 841. The highest BCUT2D eigenvalue weighted by molar-refractivity contribution is 7.89. The van der Waals surface area contributed by atoms with Crippen LogP contribution in [0.2, 0.25) is 0 Å². The van der Waals surface area contributed by atoms with E-state index in [0.29, 0.717) is 22.8 Å². The van der Waals surface area contributed by atoms with Gasteiger partial charge in [-0.2, -0.15) is 5.10 Å². The zero-order chi connectivity index (χ0) is 18.6. The number of aromatic amines is 1. The first-order valence-electron chi connectivity index (χ1n) is 7.69. The zero-order valence-electron chi connectivity index (χ0n) is 14.7. The predicted octanol–water partition coefficient (Wildman–Crippen LogP) is 1.37. The van der Waals surface area contributed by atoms with E-state index in [1.165, 1.54) is 11.8 Å². The van der Waals surface area contributed by atoms with E-state index in [-0.39, 0.29) is 23.9 Å². The van der Waals surface area contributed by atoms with E-state index >= 15 is 0 Å². The highest BCUT2D eigenvalue weighted by atomic mass is 32.2. The van der Waals surface area contributed by atoms with Crippen molar-refractivity contribution in [2.24, 2.45) is 0 Å². The molecule has 0 aliphatic carbocycles. The summed E-state index contributed by atoms with van der Waals surface area (Å²) >= 11 is 0. The fourth-order valence-corrected chi connectivity index (χ4v) is 3.93. The monoisotopic (exact) mass is 366 g/mol. The maximum atomic E-state index is 12.4. The molecule has 25 heavy (non-hydrogen) atoms. The van der Waals surface area contributed by atoms with Crippen LogP contribution in [-0.4, -0.2) is 44.7 Å². The van der Waals surface area contributed by atoms with Gasteiger partial charge in [0.05, 0.1) is 18.5 Å². The van der Waals surface area contributed by atoms with Crippen LogP contribution < -0.4 is 14.4 Å². The number of nitrogens with one attached hydrogen (secondary N) is 2. The molecule has 0 saturated carbocycles. The summed E-state index contributed by atoms with van der Waals surface area (Å²) in [6.07, 6.45) is 0. The third kappa shape index (κ3) is 4.37. The second-order valence-electron chi connectivity index (χ2n) is 5.53. The minimum Gasteiger partial charge on any atom is -0.497 e. The normalized spacial score (nSPS) is 11.4. The van der Waals surface area contributed by atoms with E-state index in [4.69, 9.17) is 4.74 Å². The minimum atomic E-state index is -3.70. The fraction of sp³-hybridized carbons (Fsp3) is 0.375. The molecular formula is C16H22N4O4S. The van der Waals surface area contributed by atoms with Crippen LogP contribution in [0.3, 0.4) is 0 Å². The second-order valence-corrected chi connectivity index (χ2v) is 7.24. The number of carbonyl (C=O) groups is 1. The number of nitrogens with zero attached hydrogens (tertiary/aromatic N) is 2. The third-order valence-corrected chi connectivity index (χ3v) is 5.43. The Hall–Kier alpha value is -2.39. The van der Waals surface area contributed by atoms with Crippen molar-refractivity contribution in [1.29, 1.82) is 0 Å².